The van der Waals surface area contributed by atoms with Crippen molar-refractivity contribution in [3.8, 4) is 0 Å². The van der Waals surface area contributed by atoms with Crippen molar-refractivity contribution < 1.29 is 4.39 Å². The highest BCUT2D eigenvalue weighted by Crippen LogP contribution is 2.05. The molecule has 0 aliphatic heterocycles. The molecule has 0 aliphatic rings. The van der Waals surface area contributed by atoms with E-state index in [1.807, 2.05) is 12.1 Å². The van der Waals surface area contributed by atoms with Gasteiger partial charge in [-0.3, -0.25) is 0 Å². The molecule has 2 N–H and O–H groups in total. The monoisotopic (exact) mass is 210 g/mol. The van der Waals surface area contributed by atoms with Crippen LogP contribution in [0.15, 0.2) is 24.3 Å². The summed E-state index contributed by atoms with van der Waals surface area (Å²) in [5.41, 5.74) is 6.73. The maximum absolute atomic E-state index is 12.6. The Hall–Kier alpha value is -0.930. The van der Waals surface area contributed by atoms with E-state index in [4.69, 9.17) is 5.73 Å². The predicted octanol–water partition coefficient (Wildman–Crippen LogP) is 1.65. The SMILES string of the molecule is CC(CN)N(C)CCc1ccc(F)cc1. The fraction of sp³-hybridized carbons (Fsp3) is 0.500. The van der Waals surface area contributed by atoms with E-state index in [0.29, 0.717) is 12.6 Å². The second kappa shape index (κ2) is 5.83. The van der Waals surface area contributed by atoms with Crippen molar-refractivity contribution in [3.63, 3.8) is 0 Å². The maximum atomic E-state index is 12.6. The summed E-state index contributed by atoms with van der Waals surface area (Å²) in [4.78, 5) is 2.21. The van der Waals surface area contributed by atoms with Crippen LogP contribution in [0.3, 0.4) is 0 Å². The van der Waals surface area contributed by atoms with Crippen LogP contribution in [0.25, 0.3) is 0 Å². The average molecular weight is 210 g/mol. The quantitative estimate of drug-likeness (QED) is 0.800. The Morgan fingerprint density at radius 1 is 1.33 bits per heavy atom. The topological polar surface area (TPSA) is 29.3 Å². The summed E-state index contributed by atoms with van der Waals surface area (Å²) in [7, 11) is 2.06. The molecule has 0 aliphatic carbocycles. The van der Waals surface area contributed by atoms with Gasteiger partial charge in [-0.25, -0.2) is 4.39 Å². The number of nitrogens with zero attached hydrogens (tertiary/aromatic N) is 1. The molecular weight excluding hydrogens is 191 g/mol. The van der Waals surface area contributed by atoms with Gasteiger partial charge >= 0.3 is 0 Å². The fourth-order valence-electron chi connectivity index (χ4n) is 1.36. The number of hydrogen-bond donors (Lipinski definition) is 1. The highest BCUT2D eigenvalue weighted by molar-refractivity contribution is 5.16. The first-order valence-electron chi connectivity index (χ1n) is 5.28. The van der Waals surface area contributed by atoms with Crippen LogP contribution in [0.5, 0.6) is 0 Å². The highest BCUT2D eigenvalue weighted by Gasteiger charge is 2.06. The maximum Gasteiger partial charge on any atom is 0.123 e. The zero-order chi connectivity index (χ0) is 11.3. The Morgan fingerprint density at radius 3 is 2.47 bits per heavy atom. The molecule has 0 aromatic heterocycles. The average Bonchev–Trinajstić information content (AvgIpc) is 2.26. The van der Waals surface area contributed by atoms with Gasteiger partial charge in [0.15, 0.2) is 0 Å². The van der Waals surface area contributed by atoms with Gasteiger partial charge in [0, 0.05) is 19.1 Å². The third-order valence-electron chi connectivity index (χ3n) is 2.76. The van der Waals surface area contributed by atoms with Gasteiger partial charge < -0.3 is 10.6 Å². The summed E-state index contributed by atoms with van der Waals surface area (Å²) in [6.07, 6.45) is 0.932. The van der Waals surface area contributed by atoms with Gasteiger partial charge in [0.25, 0.3) is 0 Å². The minimum absolute atomic E-state index is 0.178. The molecule has 3 heteroatoms. The molecule has 0 saturated carbocycles. The van der Waals surface area contributed by atoms with Crippen molar-refractivity contribution in [2.45, 2.75) is 19.4 Å². The fourth-order valence-corrected chi connectivity index (χ4v) is 1.36. The van der Waals surface area contributed by atoms with Crippen LogP contribution in [0.1, 0.15) is 12.5 Å². The van der Waals surface area contributed by atoms with E-state index in [-0.39, 0.29) is 5.82 Å². The largest absolute Gasteiger partial charge is 0.329 e. The van der Waals surface area contributed by atoms with Crippen LogP contribution in [-0.4, -0.2) is 31.1 Å². The van der Waals surface area contributed by atoms with Crippen LogP contribution >= 0.6 is 0 Å². The molecule has 0 fully saturated rings. The molecule has 0 bridgehead atoms. The molecule has 1 aromatic rings. The van der Waals surface area contributed by atoms with E-state index in [9.17, 15) is 4.39 Å². The summed E-state index contributed by atoms with van der Waals surface area (Å²) in [6, 6.07) is 7.06. The van der Waals surface area contributed by atoms with Crippen LogP contribution < -0.4 is 5.73 Å². The Kier molecular flexibility index (Phi) is 4.72. The third kappa shape index (κ3) is 3.98. The summed E-state index contributed by atoms with van der Waals surface area (Å²) >= 11 is 0. The van der Waals surface area contributed by atoms with Gasteiger partial charge in [-0.2, -0.15) is 0 Å². The summed E-state index contributed by atoms with van der Waals surface area (Å²) < 4.78 is 12.6. The van der Waals surface area contributed by atoms with Crippen molar-refractivity contribution in [2.75, 3.05) is 20.1 Å². The van der Waals surface area contributed by atoms with Crippen LogP contribution in [0.4, 0.5) is 4.39 Å². The van der Waals surface area contributed by atoms with Gasteiger partial charge in [0.2, 0.25) is 0 Å². The van der Waals surface area contributed by atoms with E-state index in [1.54, 1.807) is 0 Å². The van der Waals surface area contributed by atoms with Gasteiger partial charge in [-0.1, -0.05) is 12.1 Å². The van der Waals surface area contributed by atoms with E-state index in [2.05, 4.69) is 18.9 Å². The third-order valence-corrected chi connectivity index (χ3v) is 2.76. The second-order valence-electron chi connectivity index (χ2n) is 3.94. The number of hydrogen-bond acceptors (Lipinski definition) is 2. The molecule has 84 valence electrons. The number of nitrogens with two attached hydrogens (primary N) is 1. The van der Waals surface area contributed by atoms with Crippen LogP contribution in [0.2, 0.25) is 0 Å². The van der Waals surface area contributed by atoms with Crippen LogP contribution in [-0.2, 0) is 6.42 Å². The molecule has 1 atom stereocenters. The highest BCUT2D eigenvalue weighted by atomic mass is 19.1. The lowest BCUT2D eigenvalue weighted by Gasteiger charge is -2.23. The van der Waals surface area contributed by atoms with Gasteiger partial charge in [0.05, 0.1) is 0 Å². The van der Waals surface area contributed by atoms with E-state index in [1.165, 1.54) is 12.1 Å². The Morgan fingerprint density at radius 2 is 1.93 bits per heavy atom. The van der Waals surface area contributed by atoms with Crippen molar-refractivity contribution in [2.24, 2.45) is 5.73 Å². The predicted molar refractivity (Wildman–Crippen MR) is 61.3 cm³/mol. The Bertz CT molecular complexity index is 284. The second-order valence-corrected chi connectivity index (χ2v) is 3.94. The van der Waals surface area contributed by atoms with Crippen molar-refractivity contribution in [1.82, 2.24) is 4.90 Å². The molecule has 2 nitrogen and oxygen atoms in total. The first kappa shape index (κ1) is 12.1. The molecule has 0 spiro atoms. The number of likely N-dealkylation sites (N-methyl/N-ethyl adjacent to an activating group) is 1. The number of rotatable bonds is 5. The molecule has 1 rings (SSSR count). The van der Waals surface area contributed by atoms with Crippen molar-refractivity contribution in [1.29, 1.82) is 0 Å². The molecule has 0 saturated heterocycles. The zero-order valence-electron chi connectivity index (χ0n) is 9.41. The lowest BCUT2D eigenvalue weighted by atomic mass is 10.1. The Labute approximate surface area is 90.9 Å². The first-order valence-corrected chi connectivity index (χ1v) is 5.28. The molecule has 1 aromatic carbocycles. The van der Waals surface area contributed by atoms with Gasteiger partial charge in [-0.05, 0) is 38.1 Å². The lowest BCUT2D eigenvalue weighted by Crippen LogP contribution is -2.36. The molecule has 15 heavy (non-hydrogen) atoms. The molecule has 0 radical (unpaired) electrons. The minimum atomic E-state index is -0.178. The van der Waals surface area contributed by atoms with Crippen molar-refractivity contribution >= 4 is 0 Å². The van der Waals surface area contributed by atoms with Crippen molar-refractivity contribution in [3.05, 3.63) is 35.6 Å². The van der Waals surface area contributed by atoms with Gasteiger partial charge in [-0.15, -0.1) is 0 Å². The zero-order valence-corrected chi connectivity index (χ0v) is 9.41. The smallest absolute Gasteiger partial charge is 0.123 e. The summed E-state index contributed by atoms with van der Waals surface area (Å²) in [6.45, 7) is 3.72. The van der Waals surface area contributed by atoms with E-state index in [0.717, 1.165) is 18.5 Å². The molecule has 0 heterocycles. The number of benzene rings is 1. The molecular formula is C12H19FN2. The van der Waals surface area contributed by atoms with E-state index < -0.39 is 0 Å². The first-order chi connectivity index (χ1) is 7.13. The lowest BCUT2D eigenvalue weighted by molar-refractivity contribution is 0.266. The normalized spacial score (nSPS) is 13.1. The summed E-state index contributed by atoms with van der Waals surface area (Å²) in [5.74, 6) is -0.178. The molecule has 1 unspecified atom stereocenters. The summed E-state index contributed by atoms with van der Waals surface area (Å²) in [5, 5.41) is 0. The standard InChI is InChI=1S/C12H19FN2/c1-10(9-14)15(2)8-7-11-3-5-12(13)6-4-11/h3-6,10H,7-9,14H2,1-2H3. The Balaban J connectivity index is 2.40. The number of halogens is 1. The molecule has 0 amide bonds. The van der Waals surface area contributed by atoms with Gasteiger partial charge in [0.1, 0.15) is 5.82 Å². The van der Waals surface area contributed by atoms with E-state index >= 15 is 0 Å². The van der Waals surface area contributed by atoms with Crippen LogP contribution in [0, 0.1) is 5.82 Å². The minimum Gasteiger partial charge on any atom is -0.329 e.